The summed E-state index contributed by atoms with van der Waals surface area (Å²) in [5.41, 5.74) is 1.51. The summed E-state index contributed by atoms with van der Waals surface area (Å²) in [6, 6.07) is 12.2. The Hall–Kier alpha value is -3.06. The lowest BCUT2D eigenvalue weighted by atomic mass is 9.99. The number of nitrogens with one attached hydrogen (secondary N) is 2. The molecule has 2 aromatic rings. The molecule has 2 aliphatic heterocycles. The third kappa shape index (κ3) is 4.68. The molecule has 0 radical (unpaired) electrons. The lowest BCUT2D eigenvalue weighted by Crippen LogP contribution is -2.38. The Kier molecular flexibility index (Phi) is 5.67. The zero-order valence-electron chi connectivity index (χ0n) is 16.4. The van der Waals surface area contributed by atoms with Crippen LogP contribution in [0, 0.1) is 5.92 Å². The number of benzene rings is 2. The molecule has 0 spiro atoms. The first kappa shape index (κ1) is 19.3. The van der Waals surface area contributed by atoms with Gasteiger partial charge in [0.05, 0.1) is 17.8 Å². The molecule has 0 unspecified atom stereocenters. The molecule has 1 fully saturated rings. The van der Waals surface area contributed by atoms with Gasteiger partial charge in [-0.1, -0.05) is 19.1 Å². The van der Waals surface area contributed by atoms with Crippen LogP contribution in [-0.2, 0) is 4.79 Å². The van der Waals surface area contributed by atoms with Crippen LogP contribution in [0.4, 0.5) is 11.4 Å². The monoisotopic (exact) mass is 395 g/mol. The summed E-state index contributed by atoms with van der Waals surface area (Å²) < 4.78 is 10.6. The minimum Gasteiger partial charge on any atom is -0.454 e. The van der Waals surface area contributed by atoms with E-state index in [0.717, 1.165) is 31.8 Å². The van der Waals surface area contributed by atoms with Gasteiger partial charge < -0.3 is 20.1 Å². The Balaban J connectivity index is 1.41. The van der Waals surface area contributed by atoms with Crippen LogP contribution in [0.3, 0.4) is 0 Å². The van der Waals surface area contributed by atoms with Crippen molar-refractivity contribution in [2.75, 3.05) is 37.1 Å². The molecule has 7 nitrogen and oxygen atoms in total. The van der Waals surface area contributed by atoms with Gasteiger partial charge in [0.2, 0.25) is 12.7 Å². The molecule has 29 heavy (non-hydrogen) atoms. The van der Waals surface area contributed by atoms with Crippen LogP contribution in [0.25, 0.3) is 0 Å². The van der Waals surface area contributed by atoms with E-state index in [4.69, 9.17) is 9.47 Å². The van der Waals surface area contributed by atoms with Gasteiger partial charge in [-0.15, -0.1) is 0 Å². The number of hydrogen-bond acceptors (Lipinski definition) is 5. The number of rotatable bonds is 5. The smallest absolute Gasteiger partial charge is 0.257 e. The molecule has 0 aliphatic carbocycles. The quantitative estimate of drug-likeness (QED) is 0.812. The summed E-state index contributed by atoms with van der Waals surface area (Å²) in [5.74, 6) is 1.56. The molecule has 1 saturated heterocycles. The fourth-order valence-electron chi connectivity index (χ4n) is 3.58. The van der Waals surface area contributed by atoms with Crippen molar-refractivity contribution in [3.63, 3.8) is 0 Å². The van der Waals surface area contributed by atoms with Crippen molar-refractivity contribution in [3.8, 4) is 11.5 Å². The van der Waals surface area contributed by atoms with Crippen LogP contribution >= 0.6 is 0 Å². The number of likely N-dealkylation sites (tertiary alicyclic amines) is 1. The summed E-state index contributed by atoms with van der Waals surface area (Å²) in [5, 5.41) is 5.74. The zero-order chi connectivity index (χ0) is 20.2. The normalized spacial score (nSPS) is 16.4. The lowest BCUT2D eigenvalue weighted by molar-refractivity contribution is -0.117. The first-order chi connectivity index (χ1) is 14.1. The van der Waals surface area contributed by atoms with E-state index in [1.54, 1.807) is 42.5 Å². The summed E-state index contributed by atoms with van der Waals surface area (Å²) in [4.78, 5) is 27.5. The zero-order valence-corrected chi connectivity index (χ0v) is 16.4. The minimum atomic E-state index is -0.299. The SMILES string of the molecule is CC1CCN(CC(=O)Nc2ccccc2C(=O)Nc2ccc3c(c2)OCO3)CC1. The van der Waals surface area contributed by atoms with Crippen molar-refractivity contribution >= 4 is 23.2 Å². The van der Waals surface area contributed by atoms with Gasteiger partial charge in [0.15, 0.2) is 11.5 Å². The fraction of sp³-hybridized carbons (Fsp3) is 0.364. The van der Waals surface area contributed by atoms with Gasteiger partial charge in [0, 0.05) is 11.8 Å². The fourth-order valence-corrected chi connectivity index (χ4v) is 3.58. The van der Waals surface area contributed by atoms with Crippen LogP contribution < -0.4 is 20.1 Å². The second kappa shape index (κ2) is 8.53. The largest absolute Gasteiger partial charge is 0.454 e. The van der Waals surface area contributed by atoms with E-state index < -0.39 is 0 Å². The molecule has 152 valence electrons. The molecule has 2 heterocycles. The average Bonchev–Trinajstić information content (AvgIpc) is 3.18. The van der Waals surface area contributed by atoms with Crippen LogP contribution in [0.1, 0.15) is 30.1 Å². The highest BCUT2D eigenvalue weighted by Crippen LogP contribution is 2.34. The van der Waals surface area contributed by atoms with Crippen LogP contribution in [0.5, 0.6) is 11.5 Å². The molecule has 2 aliphatic rings. The molecule has 2 aromatic carbocycles. The molecular formula is C22H25N3O4. The molecule has 7 heteroatoms. The Labute approximate surface area is 170 Å². The molecule has 0 aromatic heterocycles. The number of carbonyl (C=O) groups excluding carboxylic acids is 2. The molecule has 0 bridgehead atoms. The van der Waals surface area contributed by atoms with Gasteiger partial charge in [-0.05, 0) is 56.1 Å². The van der Waals surface area contributed by atoms with Gasteiger partial charge >= 0.3 is 0 Å². The third-order valence-electron chi connectivity index (χ3n) is 5.32. The summed E-state index contributed by atoms with van der Waals surface area (Å²) in [6.07, 6.45) is 2.23. The maximum atomic E-state index is 12.8. The van der Waals surface area contributed by atoms with E-state index in [0.29, 0.717) is 35.0 Å². The van der Waals surface area contributed by atoms with Crippen molar-refractivity contribution in [1.82, 2.24) is 4.90 Å². The van der Waals surface area contributed by atoms with Crippen molar-refractivity contribution in [3.05, 3.63) is 48.0 Å². The highest BCUT2D eigenvalue weighted by Gasteiger charge is 2.20. The van der Waals surface area contributed by atoms with E-state index in [9.17, 15) is 9.59 Å². The van der Waals surface area contributed by atoms with Gasteiger partial charge in [-0.2, -0.15) is 0 Å². The van der Waals surface area contributed by atoms with Gasteiger partial charge in [-0.3, -0.25) is 14.5 Å². The molecule has 0 atom stereocenters. The van der Waals surface area contributed by atoms with Gasteiger partial charge in [0.25, 0.3) is 5.91 Å². The Bertz CT molecular complexity index is 907. The number of carbonyl (C=O) groups is 2. The topological polar surface area (TPSA) is 79.9 Å². The summed E-state index contributed by atoms with van der Waals surface area (Å²) >= 11 is 0. The second-order valence-corrected chi connectivity index (χ2v) is 7.57. The second-order valence-electron chi connectivity index (χ2n) is 7.57. The Morgan fingerprint density at radius 3 is 2.62 bits per heavy atom. The number of amides is 2. The van der Waals surface area contributed by atoms with E-state index in [1.807, 2.05) is 0 Å². The molecule has 2 N–H and O–H groups in total. The summed E-state index contributed by atoms with van der Waals surface area (Å²) in [7, 11) is 0. The predicted molar refractivity (Wildman–Crippen MR) is 110 cm³/mol. The van der Waals surface area contributed by atoms with Crippen molar-refractivity contribution < 1.29 is 19.1 Å². The molecular weight excluding hydrogens is 370 g/mol. The Morgan fingerprint density at radius 2 is 1.79 bits per heavy atom. The third-order valence-corrected chi connectivity index (χ3v) is 5.32. The van der Waals surface area contributed by atoms with E-state index in [2.05, 4.69) is 22.5 Å². The number of para-hydroxylation sites is 1. The Morgan fingerprint density at radius 1 is 1.03 bits per heavy atom. The van der Waals surface area contributed by atoms with Crippen molar-refractivity contribution in [1.29, 1.82) is 0 Å². The first-order valence-corrected chi connectivity index (χ1v) is 9.91. The number of anilines is 2. The van der Waals surface area contributed by atoms with Crippen LogP contribution in [0.2, 0.25) is 0 Å². The predicted octanol–water partition coefficient (Wildman–Crippen LogP) is 3.34. The molecule has 2 amide bonds. The molecule has 0 saturated carbocycles. The number of ether oxygens (including phenoxy) is 2. The van der Waals surface area contributed by atoms with E-state index >= 15 is 0 Å². The van der Waals surface area contributed by atoms with Crippen LogP contribution in [0.15, 0.2) is 42.5 Å². The number of nitrogens with zero attached hydrogens (tertiary/aromatic N) is 1. The average molecular weight is 395 g/mol. The van der Waals surface area contributed by atoms with Crippen molar-refractivity contribution in [2.45, 2.75) is 19.8 Å². The lowest BCUT2D eigenvalue weighted by Gasteiger charge is -2.29. The number of fused-ring (bicyclic) bond motifs is 1. The highest BCUT2D eigenvalue weighted by molar-refractivity contribution is 6.10. The summed E-state index contributed by atoms with van der Waals surface area (Å²) in [6.45, 7) is 4.62. The van der Waals surface area contributed by atoms with Crippen molar-refractivity contribution in [2.24, 2.45) is 5.92 Å². The number of piperidine rings is 1. The maximum Gasteiger partial charge on any atom is 0.257 e. The van der Waals surface area contributed by atoms with E-state index in [-0.39, 0.29) is 18.6 Å². The highest BCUT2D eigenvalue weighted by atomic mass is 16.7. The van der Waals surface area contributed by atoms with E-state index in [1.165, 1.54) is 0 Å². The first-order valence-electron chi connectivity index (χ1n) is 9.91. The van der Waals surface area contributed by atoms with Gasteiger partial charge in [0.1, 0.15) is 0 Å². The van der Waals surface area contributed by atoms with Crippen LogP contribution in [-0.4, -0.2) is 43.1 Å². The minimum absolute atomic E-state index is 0.108. The van der Waals surface area contributed by atoms with Gasteiger partial charge in [-0.25, -0.2) is 0 Å². The standard InChI is InChI=1S/C22H25N3O4/c1-15-8-10-25(11-9-15)13-21(26)24-18-5-3-2-4-17(18)22(27)23-16-6-7-19-20(12-16)29-14-28-19/h2-7,12,15H,8-11,13-14H2,1H3,(H,23,27)(H,24,26). The maximum absolute atomic E-state index is 12.8. The number of hydrogen-bond donors (Lipinski definition) is 2. The molecule has 4 rings (SSSR count).